The van der Waals surface area contributed by atoms with E-state index in [1.807, 2.05) is 26.8 Å². The van der Waals surface area contributed by atoms with Crippen LogP contribution in [0.25, 0.3) is 0 Å². The summed E-state index contributed by atoms with van der Waals surface area (Å²) in [5, 5.41) is 3.20. The number of halogens is 1. The van der Waals surface area contributed by atoms with Crippen LogP contribution in [-0.2, 0) is 0 Å². The molecule has 0 spiro atoms. The molecule has 1 heterocycles. The second kappa shape index (κ2) is 6.53. The molecule has 0 aliphatic carbocycles. The quantitative estimate of drug-likeness (QED) is 0.781. The number of rotatable bonds is 6. The van der Waals surface area contributed by atoms with Crippen LogP contribution in [0.4, 0.5) is 5.95 Å². The number of nitrogens with zero attached hydrogens (tertiary/aromatic N) is 2. The van der Waals surface area contributed by atoms with Crippen LogP contribution < -0.4 is 10.1 Å². The Kier molecular flexibility index (Phi) is 5.32. The van der Waals surface area contributed by atoms with Crippen LogP contribution in [0.2, 0.25) is 0 Å². The van der Waals surface area contributed by atoms with E-state index in [1.54, 1.807) is 0 Å². The maximum Gasteiger partial charge on any atom is 0.226 e. The Morgan fingerprint density at radius 3 is 2.81 bits per heavy atom. The predicted molar refractivity (Wildman–Crippen MR) is 66.4 cm³/mol. The van der Waals surface area contributed by atoms with Crippen LogP contribution in [0.3, 0.4) is 0 Å². The van der Waals surface area contributed by atoms with Gasteiger partial charge in [0.15, 0.2) is 0 Å². The summed E-state index contributed by atoms with van der Waals surface area (Å²) in [6.45, 7) is 7.14. The van der Waals surface area contributed by atoms with Gasteiger partial charge >= 0.3 is 0 Å². The number of ether oxygens (including phenoxy) is 1. The Hall–Kier alpha value is -1.03. The highest BCUT2D eigenvalue weighted by atomic mass is 35.5. The number of alkyl halides is 1. The van der Waals surface area contributed by atoms with E-state index in [0.29, 0.717) is 25.0 Å². The summed E-state index contributed by atoms with van der Waals surface area (Å²) in [5.41, 5.74) is 0.878. The second-order valence-corrected chi connectivity index (χ2v) is 4.11. The standard InChI is InChI=1S/C11H18ClN3O/c1-4-9(12)7-13-11-14-8(3)6-10(15-11)16-5-2/h6,9H,4-5,7H2,1-3H3,(H,13,14,15). The van der Waals surface area contributed by atoms with Crippen LogP contribution in [-0.4, -0.2) is 28.5 Å². The fraction of sp³-hybridized carbons (Fsp3) is 0.636. The molecular weight excluding hydrogens is 226 g/mol. The predicted octanol–water partition coefficient (Wildman–Crippen LogP) is 2.61. The van der Waals surface area contributed by atoms with Crippen molar-refractivity contribution in [2.24, 2.45) is 0 Å². The molecule has 0 bridgehead atoms. The van der Waals surface area contributed by atoms with E-state index < -0.39 is 0 Å². The molecule has 5 heteroatoms. The zero-order valence-electron chi connectivity index (χ0n) is 9.96. The van der Waals surface area contributed by atoms with E-state index in [4.69, 9.17) is 16.3 Å². The lowest BCUT2D eigenvalue weighted by Crippen LogP contribution is -2.15. The normalized spacial score (nSPS) is 12.2. The third-order valence-electron chi connectivity index (χ3n) is 2.05. The number of hydrogen-bond donors (Lipinski definition) is 1. The van der Waals surface area contributed by atoms with Gasteiger partial charge in [-0.1, -0.05) is 6.92 Å². The third kappa shape index (κ3) is 4.23. The Morgan fingerprint density at radius 2 is 2.19 bits per heavy atom. The van der Waals surface area contributed by atoms with Gasteiger partial charge in [0.2, 0.25) is 11.8 Å². The van der Waals surface area contributed by atoms with E-state index in [-0.39, 0.29) is 5.38 Å². The number of hydrogen-bond acceptors (Lipinski definition) is 4. The van der Waals surface area contributed by atoms with Gasteiger partial charge in [0.25, 0.3) is 0 Å². The van der Waals surface area contributed by atoms with Crippen molar-refractivity contribution in [1.29, 1.82) is 0 Å². The largest absolute Gasteiger partial charge is 0.478 e. The summed E-state index contributed by atoms with van der Waals surface area (Å²) < 4.78 is 5.34. The Morgan fingerprint density at radius 1 is 1.44 bits per heavy atom. The molecular formula is C11H18ClN3O. The van der Waals surface area contributed by atoms with E-state index in [0.717, 1.165) is 12.1 Å². The van der Waals surface area contributed by atoms with Gasteiger partial charge in [-0.05, 0) is 20.3 Å². The molecule has 0 aliphatic rings. The lowest BCUT2D eigenvalue weighted by Gasteiger charge is -2.10. The first kappa shape index (κ1) is 13.0. The number of aryl methyl sites for hydroxylation is 1. The molecule has 0 aliphatic heterocycles. The highest BCUT2D eigenvalue weighted by Gasteiger charge is 2.05. The van der Waals surface area contributed by atoms with Gasteiger partial charge in [-0.2, -0.15) is 4.98 Å². The van der Waals surface area contributed by atoms with Gasteiger partial charge < -0.3 is 10.1 Å². The molecule has 4 nitrogen and oxygen atoms in total. The lowest BCUT2D eigenvalue weighted by molar-refractivity contribution is 0.326. The molecule has 16 heavy (non-hydrogen) atoms. The topological polar surface area (TPSA) is 47.0 Å². The minimum atomic E-state index is 0.0969. The fourth-order valence-electron chi connectivity index (χ4n) is 1.19. The Labute approximate surface area is 101 Å². The zero-order chi connectivity index (χ0) is 12.0. The van der Waals surface area contributed by atoms with E-state index in [2.05, 4.69) is 15.3 Å². The van der Waals surface area contributed by atoms with E-state index in [1.165, 1.54) is 0 Å². The first-order chi connectivity index (χ1) is 7.65. The van der Waals surface area contributed by atoms with Gasteiger partial charge in [-0.25, -0.2) is 4.98 Å². The molecule has 1 rings (SSSR count). The SMILES string of the molecule is CCOc1cc(C)nc(NCC(Cl)CC)n1. The van der Waals surface area contributed by atoms with Gasteiger partial charge in [0, 0.05) is 18.3 Å². The maximum atomic E-state index is 6.01. The first-order valence-corrected chi connectivity index (χ1v) is 5.95. The first-order valence-electron chi connectivity index (χ1n) is 5.52. The Bertz CT molecular complexity index is 333. The summed E-state index contributed by atoms with van der Waals surface area (Å²) in [4.78, 5) is 8.49. The molecule has 0 saturated heterocycles. The number of nitrogens with one attached hydrogen (secondary N) is 1. The van der Waals surface area contributed by atoms with Gasteiger partial charge in [-0.15, -0.1) is 11.6 Å². The van der Waals surface area contributed by atoms with E-state index >= 15 is 0 Å². The van der Waals surface area contributed by atoms with Crippen molar-refractivity contribution >= 4 is 17.5 Å². The van der Waals surface area contributed by atoms with Crippen molar-refractivity contribution in [3.05, 3.63) is 11.8 Å². The molecule has 1 N–H and O–H groups in total. The van der Waals surface area contributed by atoms with Crippen molar-refractivity contribution < 1.29 is 4.74 Å². The lowest BCUT2D eigenvalue weighted by atomic mass is 10.3. The fourth-order valence-corrected chi connectivity index (χ4v) is 1.26. The zero-order valence-corrected chi connectivity index (χ0v) is 10.7. The maximum absolute atomic E-state index is 6.01. The third-order valence-corrected chi connectivity index (χ3v) is 2.51. The molecule has 0 aromatic carbocycles. The molecule has 0 amide bonds. The molecule has 1 aromatic rings. The summed E-state index contributed by atoms with van der Waals surface area (Å²) in [6.07, 6.45) is 0.915. The number of anilines is 1. The highest BCUT2D eigenvalue weighted by Crippen LogP contribution is 2.12. The minimum absolute atomic E-state index is 0.0969. The monoisotopic (exact) mass is 243 g/mol. The average molecular weight is 244 g/mol. The molecule has 1 atom stereocenters. The minimum Gasteiger partial charge on any atom is -0.478 e. The van der Waals surface area contributed by atoms with Crippen LogP contribution in [0.5, 0.6) is 5.88 Å². The smallest absolute Gasteiger partial charge is 0.226 e. The number of aromatic nitrogens is 2. The van der Waals surface area contributed by atoms with Crippen molar-refractivity contribution in [2.75, 3.05) is 18.5 Å². The highest BCUT2D eigenvalue weighted by molar-refractivity contribution is 6.20. The van der Waals surface area contributed by atoms with Crippen LogP contribution in [0, 0.1) is 6.92 Å². The van der Waals surface area contributed by atoms with Crippen LogP contribution >= 0.6 is 11.6 Å². The van der Waals surface area contributed by atoms with Crippen molar-refractivity contribution in [1.82, 2.24) is 9.97 Å². The van der Waals surface area contributed by atoms with Crippen LogP contribution in [0.15, 0.2) is 6.07 Å². The molecule has 0 fully saturated rings. The average Bonchev–Trinajstić information content (AvgIpc) is 2.25. The van der Waals surface area contributed by atoms with Crippen LogP contribution in [0.1, 0.15) is 26.0 Å². The van der Waals surface area contributed by atoms with E-state index in [9.17, 15) is 0 Å². The van der Waals surface area contributed by atoms with Gasteiger partial charge in [-0.3, -0.25) is 0 Å². The molecule has 1 unspecified atom stereocenters. The Balaban J connectivity index is 2.64. The van der Waals surface area contributed by atoms with Crippen molar-refractivity contribution in [3.63, 3.8) is 0 Å². The summed E-state index contributed by atoms with van der Waals surface area (Å²) in [7, 11) is 0. The summed E-state index contributed by atoms with van der Waals surface area (Å²) in [5.74, 6) is 1.17. The molecule has 1 aromatic heterocycles. The van der Waals surface area contributed by atoms with Crippen molar-refractivity contribution in [2.45, 2.75) is 32.6 Å². The van der Waals surface area contributed by atoms with Gasteiger partial charge in [0.05, 0.1) is 12.0 Å². The molecule has 0 saturated carbocycles. The van der Waals surface area contributed by atoms with Gasteiger partial charge in [0.1, 0.15) is 0 Å². The summed E-state index contributed by atoms with van der Waals surface area (Å²) in [6, 6.07) is 1.81. The second-order valence-electron chi connectivity index (χ2n) is 3.49. The van der Waals surface area contributed by atoms with Crippen molar-refractivity contribution in [3.8, 4) is 5.88 Å². The summed E-state index contributed by atoms with van der Waals surface area (Å²) >= 11 is 6.01. The molecule has 90 valence electrons. The molecule has 0 radical (unpaired) electrons.